The van der Waals surface area contributed by atoms with Crippen LogP contribution in [-0.2, 0) is 47.9 Å². The summed E-state index contributed by atoms with van der Waals surface area (Å²) in [5.74, 6) is -8.83. The van der Waals surface area contributed by atoms with Crippen LogP contribution in [0.25, 0.3) is 0 Å². The predicted octanol–water partition coefficient (Wildman–Crippen LogP) is -4.52. The van der Waals surface area contributed by atoms with Crippen LogP contribution >= 0.6 is 11.8 Å². The second-order valence-corrected chi connectivity index (χ2v) is 16.5. The monoisotopic (exact) mass is 884 g/mol. The molecule has 7 atom stereocenters. The lowest BCUT2D eigenvalue weighted by atomic mass is 9.92. The molecule has 12 amide bonds. The Morgan fingerprint density at radius 3 is 1.97 bits per heavy atom. The number of hydrogen-bond donors (Lipinski definition) is 13. The molecule has 0 aliphatic carbocycles. The van der Waals surface area contributed by atoms with Crippen molar-refractivity contribution < 1.29 is 57.9 Å². The maximum absolute atomic E-state index is 13.2. The van der Waals surface area contributed by atoms with Crippen molar-refractivity contribution >= 4 is 76.9 Å². The number of thioether (sulfide) groups is 1. The van der Waals surface area contributed by atoms with E-state index in [0.717, 1.165) is 18.6 Å². The molecule has 61 heavy (non-hydrogen) atoms. The lowest BCUT2D eigenvalue weighted by Crippen LogP contribution is -2.56. The largest absolute Gasteiger partial charge is 0.370 e. The highest BCUT2D eigenvalue weighted by molar-refractivity contribution is 8.00. The van der Waals surface area contributed by atoms with Gasteiger partial charge in [-0.25, -0.2) is 10.3 Å². The number of carbonyl (C=O) groups is 11. The Bertz CT molecular complexity index is 1620. The number of unbranched alkanes of at least 4 members (excludes halogenated alkanes) is 2. The van der Waals surface area contributed by atoms with Gasteiger partial charge < -0.3 is 59.7 Å². The lowest BCUT2D eigenvalue weighted by molar-refractivity contribution is -0.138. The highest BCUT2D eigenvalue weighted by Gasteiger charge is 2.42. The smallest absolute Gasteiger partial charge is 0.315 e. The zero-order chi connectivity index (χ0) is 45.6. The average molecular weight is 885 g/mol. The molecule has 0 radical (unpaired) electrons. The van der Waals surface area contributed by atoms with Crippen LogP contribution in [0.4, 0.5) is 4.79 Å². The molecule has 2 aliphatic heterocycles. The van der Waals surface area contributed by atoms with E-state index >= 15 is 0 Å². The molecule has 16 N–H and O–H groups in total. The number of nitrogens with two attached hydrogens (primary N) is 3. The van der Waals surface area contributed by atoms with Gasteiger partial charge in [-0.1, -0.05) is 20.3 Å². The molecule has 0 bridgehead atoms. The van der Waals surface area contributed by atoms with Crippen LogP contribution in [0.3, 0.4) is 0 Å². The molecular weight excluding hydrogens is 825 g/mol. The van der Waals surface area contributed by atoms with Gasteiger partial charge in [0.1, 0.15) is 18.1 Å². The van der Waals surface area contributed by atoms with Gasteiger partial charge in [0.25, 0.3) is 0 Å². The van der Waals surface area contributed by atoms with E-state index in [9.17, 15) is 52.7 Å². The topological polar surface area (TPSA) is 394 Å². The number of carbonyl (C=O) groups excluding carboxylic acids is 11. The Morgan fingerprint density at radius 1 is 0.705 bits per heavy atom. The maximum Gasteiger partial charge on any atom is 0.315 e. The molecule has 1 unspecified atom stereocenters. The van der Waals surface area contributed by atoms with Crippen molar-refractivity contribution in [2.24, 2.45) is 29.0 Å². The molecule has 342 valence electrons. The molecule has 2 fully saturated rings. The number of amides is 12. The summed E-state index contributed by atoms with van der Waals surface area (Å²) in [6.07, 6.45) is 2.06. The molecule has 0 saturated carbocycles. The van der Waals surface area contributed by atoms with Crippen molar-refractivity contribution in [3.63, 3.8) is 0 Å². The third-order valence-corrected chi connectivity index (χ3v) is 11.1. The van der Waals surface area contributed by atoms with Crippen LogP contribution in [-0.4, -0.2) is 131 Å². The minimum atomic E-state index is -1.69. The first-order valence-corrected chi connectivity index (χ1v) is 21.0. The molecule has 2 heterocycles. The standard InChI is InChI=1S/C36H60N12O12S/c1-18(2)11-19(12-28(52)48-60)33(56)44-22(14-26(38)50)35(58)45-21(13-25(37)49)34(57)42-15-29(53)41-16-30(54)43-20(32(39)55)7-5-6-10-40-27(51)9-4-3-8-24-31-23(17-61-24)46-36(59)47-31/h18-24,31,60H,3-17H2,1-2H3,(H2,37,49)(H2,38,50)(H2,39,55)(H,40,51)(H,41,53)(H,42,57)(H,43,54)(H,44,56)(H,45,58)(H,48,52)(H2,46,47,59)/t19?,20-,21-,22-,23-,24-,31-/m0/s1. The fraction of sp³-hybridized carbons (Fsp3) is 0.694. The third-order valence-electron chi connectivity index (χ3n) is 9.63. The van der Waals surface area contributed by atoms with E-state index in [1.165, 1.54) is 5.48 Å². The first kappa shape index (κ1) is 51.4. The third kappa shape index (κ3) is 19.9. The molecule has 24 nitrogen and oxygen atoms in total. The van der Waals surface area contributed by atoms with E-state index in [1.807, 2.05) is 11.8 Å². The lowest BCUT2D eigenvalue weighted by Gasteiger charge is -2.24. The van der Waals surface area contributed by atoms with Crippen LogP contribution in [0.1, 0.15) is 84.5 Å². The molecule has 2 aliphatic rings. The second-order valence-electron chi connectivity index (χ2n) is 15.3. The molecule has 2 rings (SSSR count). The zero-order valence-corrected chi connectivity index (χ0v) is 35.1. The number of hydroxylamine groups is 1. The summed E-state index contributed by atoms with van der Waals surface area (Å²) in [6.45, 7) is 2.50. The van der Waals surface area contributed by atoms with Crippen molar-refractivity contribution in [2.45, 2.75) is 120 Å². The Kier molecular flexibility index (Phi) is 22.3. The maximum atomic E-state index is 13.2. The summed E-state index contributed by atoms with van der Waals surface area (Å²) in [7, 11) is 0. The normalized spacial score (nSPS) is 18.4. The molecule has 0 spiro atoms. The minimum absolute atomic E-state index is 0.100. The number of primary amides is 3. The van der Waals surface area contributed by atoms with Crippen molar-refractivity contribution in [3.05, 3.63) is 0 Å². The quantitative estimate of drug-likeness (QED) is 0.0146. The number of fused-ring (bicyclic) bond motifs is 1. The van der Waals surface area contributed by atoms with E-state index in [1.54, 1.807) is 13.8 Å². The highest BCUT2D eigenvalue weighted by atomic mass is 32.2. The van der Waals surface area contributed by atoms with Gasteiger partial charge in [0, 0.05) is 36.3 Å². The van der Waals surface area contributed by atoms with Crippen LogP contribution in [0, 0.1) is 11.8 Å². The van der Waals surface area contributed by atoms with E-state index in [4.69, 9.17) is 22.4 Å². The highest BCUT2D eigenvalue weighted by Crippen LogP contribution is 2.33. The summed E-state index contributed by atoms with van der Waals surface area (Å²) in [4.78, 5) is 135. The second kappa shape index (κ2) is 26.5. The SMILES string of the molecule is CC(C)CC(CC(=O)NO)C(=O)N[C@@H](CC(N)=O)C(=O)N[C@@H](CC(N)=O)C(=O)NCC(=O)NCC(=O)N[C@@H](CCCCNC(=O)CCCC[C@@H]1SC[C@@H]2NC(=O)N[C@@H]21)C(N)=O. The summed E-state index contributed by atoms with van der Waals surface area (Å²) >= 11 is 1.82. The minimum Gasteiger partial charge on any atom is -0.370 e. The zero-order valence-electron chi connectivity index (χ0n) is 34.3. The van der Waals surface area contributed by atoms with E-state index in [2.05, 4.69) is 42.5 Å². The van der Waals surface area contributed by atoms with E-state index < -0.39 is 110 Å². The van der Waals surface area contributed by atoms with Crippen molar-refractivity contribution in [3.8, 4) is 0 Å². The van der Waals surface area contributed by atoms with Crippen LogP contribution in [0.15, 0.2) is 0 Å². The van der Waals surface area contributed by atoms with E-state index in [0.29, 0.717) is 37.5 Å². The van der Waals surface area contributed by atoms with Crippen LogP contribution in [0.5, 0.6) is 0 Å². The van der Waals surface area contributed by atoms with Gasteiger partial charge in [0.05, 0.1) is 38.0 Å². The van der Waals surface area contributed by atoms with Gasteiger partial charge in [0.2, 0.25) is 59.1 Å². The summed E-state index contributed by atoms with van der Waals surface area (Å²) in [5.41, 5.74) is 17.3. The number of urea groups is 1. The van der Waals surface area contributed by atoms with Crippen molar-refractivity contribution in [2.75, 3.05) is 25.4 Å². The van der Waals surface area contributed by atoms with Crippen LogP contribution in [0.2, 0.25) is 0 Å². The first-order valence-electron chi connectivity index (χ1n) is 20.0. The van der Waals surface area contributed by atoms with Gasteiger partial charge in [-0.05, 0) is 44.4 Å². The summed E-state index contributed by atoms with van der Waals surface area (Å²) in [6, 6.07) is -4.29. The Balaban J connectivity index is 1.76. The molecule has 0 aromatic heterocycles. The molecule has 0 aromatic carbocycles. The first-order chi connectivity index (χ1) is 28.8. The number of rotatable bonds is 29. The molecule has 0 aromatic rings. The fourth-order valence-electron chi connectivity index (χ4n) is 6.63. The van der Waals surface area contributed by atoms with Crippen molar-refractivity contribution in [1.82, 2.24) is 48.0 Å². The number of nitrogens with one attached hydrogen (secondary N) is 9. The molecule has 2 saturated heterocycles. The fourth-order valence-corrected chi connectivity index (χ4v) is 8.17. The summed E-state index contributed by atoms with van der Waals surface area (Å²) < 4.78 is 0. The molecular formula is C36H60N12O12S. The van der Waals surface area contributed by atoms with Gasteiger partial charge in [0.15, 0.2) is 0 Å². The number of hydrogen-bond acceptors (Lipinski definition) is 13. The van der Waals surface area contributed by atoms with Crippen LogP contribution < -0.4 is 65.2 Å². The van der Waals surface area contributed by atoms with Gasteiger partial charge in [-0.15, -0.1) is 0 Å². The Labute approximate surface area is 356 Å². The molecule has 25 heteroatoms. The van der Waals surface area contributed by atoms with Gasteiger partial charge >= 0.3 is 6.03 Å². The Morgan fingerprint density at radius 2 is 1.34 bits per heavy atom. The summed E-state index contributed by atoms with van der Waals surface area (Å²) in [5, 5.41) is 29.2. The average Bonchev–Trinajstić information content (AvgIpc) is 3.74. The van der Waals surface area contributed by atoms with E-state index in [-0.39, 0.29) is 42.8 Å². The Hall–Kier alpha value is -5.72. The van der Waals surface area contributed by atoms with Gasteiger partial charge in [-0.3, -0.25) is 53.2 Å². The van der Waals surface area contributed by atoms with Crippen molar-refractivity contribution in [1.29, 1.82) is 0 Å². The van der Waals surface area contributed by atoms with Gasteiger partial charge in [-0.2, -0.15) is 11.8 Å². The predicted molar refractivity (Wildman–Crippen MR) is 217 cm³/mol.